The Kier molecular flexibility index (Phi) is 7.86. The number of hydrogen-bond donors (Lipinski definition) is 2. The third-order valence-corrected chi connectivity index (χ3v) is 7.33. The summed E-state index contributed by atoms with van der Waals surface area (Å²) in [4.78, 5) is 32.6. The number of rotatable bonds is 10. The summed E-state index contributed by atoms with van der Waals surface area (Å²) in [5.41, 5.74) is 7.94. The number of nitrogens with two attached hydrogens (primary N) is 1. The maximum Gasteiger partial charge on any atom is 0.289 e. The van der Waals surface area contributed by atoms with Crippen LogP contribution in [0.4, 0.5) is 11.8 Å². The molecule has 0 aromatic carbocycles. The minimum absolute atomic E-state index is 0.138. The van der Waals surface area contributed by atoms with Gasteiger partial charge >= 0.3 is 0 Å². The third kappa shape index (κ3) is 6.42. The van der Waals surface area contributed by atoms with Crippen LogP contribution in [0.25, 0.3) is 11.1 Å². The highest BCUT2D eigenvalue weighted by molar-refractivity contribution is 5.90. The normalized spacial score (nSPS) is 18.9. The Morgan fingerprint density at radius 3 is 2.74 bits per heavy atom. The average Bonchev–Trinajstić information content (AvgIpc) is 3.59. The number of hydrogen-bond acceptors (Lipinski definition) is 10. The zero-order chi connectivity index (χ0) is 27.4. The number of nitrogen functional groups attached to an aromatic ring is 1. The van der Waals surface area contributed by atoms with Crippen LogP contribution in [0.2, 0.25) is 0 Å². The number of ether oxygens (including phenoxy) is 1. The molecule has 4 heterocycles. The van der Waals surface area contributed by atoms with E-state index >= 15 is 0 Å². The number of amides is 1. The van der Waals surface area contributed by atoms with Crippen LogP contribution < -0.4 is 20.7 Å². The summed E-state index contributed by atoms with van der Waals surface area (Å²) in [6.45, 7) is 4.38. The van der Waals surface area contributed by atoms with Gasteiger partial charge in [0, 0.05) is 62.5 Å². The van der Waals surface area contributed by atoms with Gasteiger partial charge in [0.25, 0.3) is 5.91 Å². The van der Waals surface area contributed by atoms with Gasteiger partial charge in [-0.3, -0.25) is 9.48 Å². The number of nitriles is 1. The summed E-state index contributed by atoms with van der Waals surface area (Å²) in [6.07, 6.45) is 9.61. The molecule has 5 rings (SSSR count). The fraction of sp³-hybridized carbons (Fsp3) is 0.519. The molecular formula is C27H34N10O2. The fourth-order valence-corrected chi connectivity index (χ4v) is 4.85. The van der Waals surface area contributed by atoms with E-state index in [0.29, 0.717) is 54.7 Å². The lowest BCUT2D eigenvalue weighted by Crippen LogP contribution is -2.37. The first kappa shape index (κ1) is 26.3. The molecule has 1 saturated heterocycles. The first-order valence-corrected chi connectivity index (χ1v) is 13.5. The SMILES string of the molecule is CCNC(=O)c1nc(CC[C@H]2C[C@H]2C#N)nc(N2CCC(COc3cc(-c4cnn(C)c4)cnc3N)CC2)n1. The predicted molar refractivity (Wildman–Crippen MR) is 145 cm³/mol. The van der Waals surface area contributed by atoms with Crippen molar-refractivity contribution in [3.05, 3.63) is 36.3 Å². The molecule has 2 atom stereocenters. The molecule has 2 aliphatic rings. The average molecular weight is 531 g/mol. The van der Waals surface area contributed by atoms with Crippen molar-refractivity contribution >= 4 is 17.7 Å². The highest BCUT2D eigenvalue weighted by Gasteiger charge is 2.36. The van der Waals surface area contributed by atoms with Crippen LogP contribution in [0.3, 0.4) is 0 Å². The Bertz CT molecular complexity index is 1360. The Labute approximate surface area is 227 Å². The number of aromatic nitrogens is 6. The number of carbonyl (C=O) groups is 1. The van der Waals surface area contributed by atoms with Crippen molar-refractivity contribution in [3.63, 3.8) is 0 Å². The molecule has 0 radical (unpaired) electrons. The Balaban J connectivity index is 1.20. The van der Waals surface area contributed by atoms with Crippen molar-refractivity contribution in [3.8, 4) is 22.9 Å². The Hall–Kier alpha value is -4.27. The zero-order valence-corrected chi connectivity index (χ0v) is 22.4. The summed E-state index contributed by atoms with van der Waals surface area (Å²) in [7, 11) is 1.87. The van der Waals surface area contributed by atoms with Crippen LogP contribution in [0.5, 0.6) is 5.75 Å². The largest absolute Gasteiger partial charge is 0.489 e. The highest BCUT2D eigenvalue weighted by atomic mass is 16.5. The second-order valence-corrected chi connectivity index (χ2v) is 10.3. The van der Waals surface area contributed by atoms with Crippen molar-refractivity contribution in [2.75, 3.05) is 36.9 Å². The summed E-state index contributed by atoms with van der Waals surface area (Å²) in [6, 6.07) is 4.23. The van der Waals surface area contributed by atoms with Crippen LogP contribution in [0.15, 0.2) is 24.7 Å². The number of pyridine rings is 1. The van der Waals surface area contributed by atoms with Crippen molar-refractivity contribution in [1.82, 2.24) is 35.0 Å². The zero-order valence-electron chi connectivity index (χ0n) is 22.4. The molecule has 1 amide bonds. The lowest BCUT2D eigenvalue weighted by atomic mass is 9.98. The number of piperidine rings is 1. The molecule has 0 unspecified atom stereocenters. The maximum absolute atomic E-state index is 12.5. The van der Waals surface area contributed by atoms with Gasteiger partial charge in [-0.15, -0.1) is 0 Å². The van der Waals surface area contributed by atoms with Crippen LogP contribution >= 0.6 is 0 Å². The molecule has 1 aliphatic carbocycles. The van der Waals surface area contributed by atoms with E-state index in [1.165, 1.54) is 0 Å². The lowest BCUT2D eigenvalue weighted by Gasteiger charge is -2.32. The number of nitrogens with zero attached hydrogens (tertiary/aromatic N) is 8. The van der Waals surface area contributed by atoms with Crippen molar-refractivity contribution in [1.29, 1.82) is 5.26 Å². The van der Waals surface area contributed by atoms with E-state index in [4.69, 9.17) is 20.7 Å². The summed E-state index contributed by atoms with van der Waals surface area (Å²) >= 11 is 0. The molecular weight excluding hydrogens is 496 g/mol. The van der Waals surface area contributed by atoms with Gasteiger partial charge in [0.2, 0.25) is 11.8 Å². The molecule has 1 saturated carbocycles. The first-order chi connectivity index (χ1) is 18.9. The van der Waals surface area contributed by atoms with E-state index in [1.807, 2.05) is 26.2 Å². The molecule has 0 spiro atoms. The highest BCUT2D eigenvalue weighted by Crippen LogP contribution is 2.41. The van der Waals surface area contributed by atoms with Gasteiger partial charge in [-0.25, -0.2) is 9.97 Å². The van der Waals surface area contributed by atoms with Gasteiger partial charge in [0.05, 0.1) is 18.9 Å². The second-order valence-electron chi connectivity index (χ2n) is 10.3. The van der Waals surface area contributed by atoms with Crippen molar-refractivity contribution in [2.45, 2.75) is 39.0 Å². The van der Waals surface area contributed by atoms with E-state index in [0.717, 1.165) is 49.9 Å². The maximum atomic E-state index is 12.5. The predicted octanol–water partition coefficient (Wildman–Crippen LogP) is 2.39. The molecule has 1 aliphatic heterocycles. The summed E-state index contributed by atoms with van der Waals surface area (Å²) in [5, 5.41) is 16.1. The smallest absolute Gasteiger partial charge is 0.289 e. The topological polar surface area (TPSA) is 161 Å². The number of nitrogens with one attached hydrogen (secondary N) is 1. The monoisotopic (exact) mass is 530 g/mol. The van der Waals surface area contributed by atoms with Gasteiger partial charge in [0.15, 0.2) is 11.6 Å². The second kappa shape index (κ2) is 11.6. The molecule has 204 valence electrons. The number of anilines is 2. The first-order valence-electron chi connectivity index (χ1n) is 13.5. The van der Waals surface area contributed by atoms with Crippen LogP contribution in [-0.2, 0) is 13.5 Å². The molecule has 0 bridgehead atoms. The van der Waals surface area contributed by atoms with Crippen LogP contribution in [-0.4, -0.2) is 61.9 Å². The summed E-state index contributed by atoms with van der Waals surface area (Å²) < 4.78 is 7.85. The van der Waals surface area contributed by atoms with E-state index in [9.17, 15) is 4.79 Å². The Morgan fingerprint density at radius 2 is 2.05 bits per heavy atom. The van der Waals surface area contributed by atoms with Gasteiger partial charge in [-0.2, -0.15) is 20.3 Å². The molecule has 2 fully saturated rings. The van der Waals surface area contributed by atoms with Gasteiger partial charge < -0.3 is 20.7 Å². The van der Waals surface area contributed by atoms with Gasteiger partial charge in [-0.1, -0.05) is 0 Å². The van der Waals surface area contributed by atoms with E-state index in [2.05, 4.69) is 36.3 Å². The van der Waals surface area contributed by atoms with Gasteiger partial charge in [-0.05, 0) is 50.5 Å². The fourth-order valence-electron chi connectivity index (χ4n) is 4.85. The van der Waals surface area contributed by atoms with E-state index in [-0.39, 0.29) is 17.6 Å². The van der Waals surface area contributed by atoms with Crippen LogP contribution in [0.1, 0.15) is 49.1 Å². The van der Waals surface area contributed by atoms with Crippen LogP contribution in [0, 0.1) is 29.1 Å². The van der Waals surface area contributed by atoms with E-state index < -0.39 is 0 Å². The molecule has 3 N–H and O–H groups in total. The molecule has 39 heavy (non-hydrogen) atoms. The number of carbonyl (C=O) groups excluding carboxylic acids is 1. The minimum atomic E-state index is -0.299. The third-order valence-electron chi connectivity index (χ3n) is 7.33. The van der Waals surface area contributed by atoms with Crippen molar-refractivity contribution < 1.29 is 9.53 Å². The molecule has 12 nitrogen and oxygen atoms in total. The van der Waals surface area contributed by atoms with Crippen molar-refractivity contribution in [2.24, 2.45) is 24.8 Å². The minimum Gasteiger partial charge on any atom is -0.489 e. The standard InChI is InChI=1S/C27H34N10O2/c1-3-30-26(38)25-33-23(5-4-18-10-19(18)12-28)34-27(35-25)37-8-6-17(7-9-37)16-39-22-11-20(13-31-24(22)29)21-14-32-36(2)15-21/h11,13-15,17-19H,3-10,16H2,1-2H3,(H2,29,31)(H,30,38)/t18-,19-/m0/s1. The Morgan fingerprint density at radius 1 is 1.23 bits per heavy atom. The molecule has 3 aromatic rings. The lowest BCUT2D eigenvalue weighted by molar-refractivity contribution is 0.0944. The molecule has 12 heteroatoms. The van der Waals surface area contributed by atoms with Gasteiger partial charge in [0.1, 0.15) is 5.82 Å². The van der Waals surface area contributed by atoms with E-state index in [1.54, 1.807) is 17.1 Å². The quantitative estimate of drug-likeness (QED) is 0.398. The number of aryl methyl sites for hydroxylation is 2. The summed E-state index contributed by atoms with van der Waals surface area (Å²) in [5.74, 6) is 2.79. The molecule has 3 aromatic heterocycles.